The normalized spacial score (nSPS) is 13.4. The molecule has 2 aromatic carbocycles. The predicted octanol–water partition coefficient (Wildman–Crippen LogP) is 6.19. The van der Waals surface area contributed by atoms with Crippen molar-refractivity contribution in [3.63, 3.8) is 0 Å². The van der Waals surface area contributed by atoms with E-state index in [1.807, 2.05) is 11.4 Å². The summed E-state index contributed by atoms with van der Waals surface area (Å²) in [5.41, 5.74) is 0.944. The fourth-order valence-electron chi connectivity index (χ4n) is 2.46. The van der Waals surface area contributed by atoms with Gasteiger partial charge in [0.1, 0.15) is 18.1 Å². The zero-order chi connectivity index (χ0) is 18.9. The Morgan fingerprint density at radius 3 is 2.30 bits per heavy atom. The van der Waals surface area contributed by atoms with Crippen LogP contribution in [0.4, 0.5) is 24.5 Å². The number of aliphatic imine (C=N–C) groups is 1. The summed E-state index contributed by atoms with van der Waals surface area (Å²) in [6.45, 7) is 0.480. The van der Waals surface area contributed by atoms with Crippen molar-refractivity contribution in [3.05, 3.63) is 70.4 Å². The molecule has 0 aliphatic carbocycles. The monoisotopic (exact) mass is 390 g/mol. The molecule has 0 unspecified atom stereocenters. The van der Waals surface area contributed by atoms with Gasteiger partial charge in [0.05, 0.1) is 16.1 Å². The van der Waals surface area contributed by atoms with Crippen LogP contribution in [0.25, 0.3) is 0 Å². The van der Waals surface area contributed by atoms with Gasteiger partial charge in [-0.25, -0.2) is 0 Å². The highest BCUT2D eigenvalue weighted by molar-refractivity contribution is 7.10. The Hall–Kier alpha value is -3.00. The lowest BCUT2D eigenvalue weighted by atomic mass is 10.2. The second-order valence-corrected chi connectivity index (χ2v) is 6.71. The van der Waals surface area contributed by atoms with Crippen molar-refractivity contribution >= 4 is 28.7 Å². The molecule has 1 aliphatic heterocycles. The number of hydrogen-bond donors (Lipinski definition) is 1. The molecule has 1 N–H and O–H groups in total. The maximum atomic E-state index is 12.6. The van der Waals surface area contributed by atoms with E-state index in [2.05, 4.69) is 10.3 Å². The largest absolute Gasteiger partial charge is 0.459 e. The lowest BCUT2D eigenvalue weighted by Gasteiger charge is -2.15. The van der Waals surface area contributed by atoms with Crippen molar-refractivity contribution in [3.8, 4) is 11.5 Å². The molecule has 0 spiro atoms. The van der Waals surface area contributed by atoms with Crippen molar-refractivity contribution in [2.75, 3.05) is 5.32 Å². The van der Waals surface area contributed by atoms with Gasteiger partial charge in [-0.1, -0.05) is 0 Å². The summed E-state index contributed by atoms with van der Waals surface area (Å²) in [5, 5.41) is 5.04. The molecule has 4 rings (SSSR count). The Balaban J connectivity index is 1.41. The van der Waals surface area contributed by atoms with E-state index in [-0.39, 0.29) is 0 Å². The molecule has 0 atom stereocenters. The van der Waals surface area contributed by atoms with Crippen LogP contribution in [-0.4, -0.2) is 6.02 Å². The third kappa shape index (κ3) is 4.06. The van der Waals surface area contributed by atoms with E-state index in [0.717, 1.165) is 28.4 Å². The molecule has 0 amide bonds. The van der Waals surface area contributed by atoms with Gasteiger partial charge in [0, 0.05) is 5.69 Å². The van der Waals surface area contributed by atoms with Crippen molar-refractivity contribution in [2.45, 2.75) is 12.8 Å². The van der Waals surface area contributed by atoms with Crippen molar-refractivity contribution in [2.24, 2.45) is 4.99 Å². The number of benzene rings is 2. The lowest BCUT2D eigenvalue weighted by Crippen LogP contribution is -2.17. The first kappa shape index (κ1) is 17.4. The zero-order valence-electron chi connectivity index (χ0n) is 13.8. The standard InChI is InChI=1S/C19H13F3N2O2S/c20-19(21,22)12-1-5-14(6-2-12)26-15-7-3-13(4-8-15)23-18-24-16-9-10-27-17(16)11-25-18/h1-10H,11H2,(H,23,24). The number of nitrogens with zero attached hydrogens (tertiary/aromatic N) is 1. The Labute approximate surface area is 156 Å². The molecular formula is C19H13F3N2O2S. The molecule has 3 aromatic rings. The smallest absolute Gasteiger partial charge is 0.416 e. The Morgan fingerprint density at radius 1 is 0.963 bits per heavy atom. The minimum atomic E-state index is -4.36. The summed E-state index contributed by atoms with van der Waals surface area (Å²) in [6, 6.07) is 13.9. The van der Waals surface area contributed by atoms with E-state index in [1.54, 1.807) is 35.6 Å². The molecule has 4 nitrogen and oxygen atoms in total. The molecule has 0 fully saturated rings. The molecule has 1 aromatic heterocycles. The summed E-state index contributed by atoms with van der Waals surface area (Å²) in [4.78, 5) is 5.47. The summed E-state index contributed by atoms with van der Waals surface area (Å²) in [7, 11) is 0. The first-order chi connectivity index (χ1) is 13.0. The van der Waals surface area contributed by atoms with Gasteiger partial charge in [-0.05, 0) is 60.0 Å². The van der Waals surface area contributed by atoms with Crippen LogP contribution in [0.1, 0.15) is 10.4 Å². The molecule has 27 heavy (non-hydrogen) atoms. The lowest BCUT2D eigenvalue weighted by molar-refractivity contribution is -0.137. The molecule has 2 heterocycles. The van der Waals surface area contributed by atoms with Crippen molar-refractivity contribution < 1.29 is 22.6 Å². The Bertz CT molecular complexity index is 964. The van der Waals surface area contributed by atoms with Gasteiger partial charge in [0.25, 0.3) is 6.02 Å². The molecule has 1 aliphatic rings. The van der Waals surface area contributed by atoms with E-state index in [4.69, 9.17) is 9.47 Å². The van der Waals surface area contributed by atoms with Gasteiger partial charge in [-0.3, -0.25) is 0 Å². The van der Waals surface area contributed by atoms with Gasteiger partial charge >= 0.3 is 6.18 Å². The average Bonchev–Trinajstić information content (AvgIpc) is 3.11. The number of thiophene rings is 1. The number of alkyl halides is 3. The van der Waals surface area contributed by atoms with Gasteiger partial charge in [0.2, 0.25) is 0 Å². The highest BCUT2D eigenvalue weighted by Gasteiger charge is 2.30. The zero-order valence-corrected chi connectivity index (χ0v) is 14.6. The number of amidine groups is 1. The number of halogens is 3. The minimum absolute atomic E-state index is 0.327. The first-order valence-electron chi connectivity index (χ1n) is 7.97. The average molecular weight is 390 g/mol. The van der Waals surface area contributed by atoms with Gasteiger partial charge < -0.3 is 14.8 Å². The van der Waals surface area contributed by atoms with Crippen LogP contribution in [0.2, 0.25) is 0 Å². The van der Waals surface area contributed by atoms with E-state index in [0.29, 0.717) is 24.1 Å². The highest BCUT2D eigenvalue weighted by atomic mass is 32.1. The van der Waals surface area contributed by atoms with Crippen molar-refractivity contribution in [1.29, 1.82) is 0 Å². The van der Waals surface area contributed by atoms with Gasteiger partial charge in [-0.2, -0.15) is 18.2 Å². The van der Waals surface area contributed by atoms with Crippen LogP contribution >= 0.6 is 11.3 Å². The first-order valence-corrected chi connectivity index (χ1v) is 8.85. The third-order valence-electron chi connectivity index (χ3n) is 3.81. The topological polar surface area (TPSA) is 42.8 Å². The molecule has 0 saturated heterocycles. The van der Waals surface area contributed by atoms with Gasteiger partial charge in [-0.15, -0.1) is 11.3 Å². The number of nitrogens with one attached hydrogen (secondary N) is 1. The molecule has 0 bridgehead atoms. The minimum Gasteiger partial charge on any atom is -0.459 e. The van der Waals surface area contributed by atoms with Crippen molar-refractivity contribution in [1.82, 2.24) is 0 Å². The molecule has 8 heteroatoms. The van der Waals surface area contributed by atoms with E-state index < -0.39 is 11.7 Å². The van der Waals surface area contributed by atoms with Crippen LogP contribution < -0.4 is 10.1 Å². The van der Waals surface area contributed by atoms with Crippen LogP contribution in [-0.2, 0) is 17.5 Å². The van der Waals surface area contributed by atoms with Crippen LogP contribution in [0.3, 0.4) is 0 Å². The molecule has 0 radical (unpaired) electrons. The molecule has 0 saturated carbocycles. The second kappa shape index (κ2) is 6.96. The summed E-state index contributed by atoms with van der Waals surface area (Å²) in [6.07, 6.45) is -4.36. The van der Waals surface area contributed by atoms with Gasteiger partial charge in [0.15, 0.2) is 0 Å². The number of anilines is 1. The maximum Gasteiger partial charge on any atom is 0.416 e. The molecule has 138 valence electrons. The summed E-state index contributed by atoms with van der Waals surface area (Å²) >= 11 is 1.60. The number of hydrogen-bond acceptors (Lipinski definition) is 5. The fraction of sp³-hybridized carbons (Fsp3) is 0.105. The van der Waals surface area contributed by atoms with E-state index in [1.165, 1.54) is 12.1 Å². The van der Waals surface area contributed by atoms with E-state index in [9.17, 15) is 13.2 Å². The van der Waals surface area contributed by atoms with Crippen LogP contribution in [0.15, 0.2) is 65.0 Å². The Kier molecular flexibility index (Phi) is 4.49. The quantitative estimate of drug-likeness (QED) is 0.580. The fourth-order valence-corrected chi connectivity index (χ4v) is 3.18. The predicted molar refractivity (Wildman–Crippen MR) is 97.8 cm³/mol. The summed E-state index contributed by atoms with van der Waals surface area (Å²) in [5.74, 6) is 0.834. The number of rotatable bonds is 3. The summed E-state index contributed by atoms with van der Waals surface area (Å²) < 4.78 is 48.9. The third-order valence-corrected chi connectivity index (χ3v) is 4.69. The second-order valence-electron chi connectivity index (χ2n) is 5.71. The van der Waals surface area contributed by atoms with E-state index >= 15 is 0 Å². The maximum absolute atomic E-state index is 12.6. The Morgan fingerprint density at radius 2 is 1.63 bits per heavy atom. The van der Waals surface area contributed by atoms with Crippen LogP contribution in [0.5, 0.6) is 11.5 Å². The SMILES string of the molecule is FC(F)(F)c1ccc(Oc2ccc(NC3=Nc4ccsc4CO3)cc2)cc1. The molecular weight excluding hydrogens is 377 g/mol. The number of ether oxygens (including phenoxy) is 2. The number of fused-ring (bicyclic) bond motifs is 1. The van der Waals surface area contributed by atoms with Crippen LogP contribution in [0, 0.1) is 0 Å². The highest BCUT2D eigenvalue weighted by Crippen LogP contribution is 2.32.